The number of amides is 1. The maximum Gasteiger partial charge on any atom is 0.214 e. The molecule has 1 fully saturated rings. The summed E-state index contributed by atoms with van der Waals surface area (Å²) < 4.78 is 5.21. The molecule has 1 heterocycles. The molecule has 1 saturated heterocycles. The maximum absolute atomic E-state index is 9.22. The van der Waals surface area contributed by atoms with E-state index in [4.69, 9.17) is 4.43 Å². The van der Waals surface area contributed by atoms with Crippen molar-refractivity contribution in [1.82, 2.24) is 0 Å². The number of hydrogen-bond acceptors (Lipinski definition) is 2. The number of carbonyl (C=O) groups excluding carboxylic acids is 1. The number of carbonyl (C=O) groups is 1. The van der Waals surface area contributed by atoms with Crippen molar-refractivity contribution >= 4 is 15.7 Å². The number of rotatable bonds is 0. The van der Waals surface area contributed by atoms with Gasteiger partial charge in [0.15, 0.2) is 9.76 Å². The third-order valence-electron chi connectivity index (χ3n) is 1.08. The molecule has 0 spiro atoms. The van der Waals surface area contributed by atoms with E-state index < -0.39 is 0 Å². The molecule has 2 N–H and O–H groups in total. The van der Waals surface area contributed by atoms with Crippen molar-refractivity contribution in [3.63, 3.8) is 0 Å². The summed E-state index contributed by atoms with van der Waals surface area (Å²) in [7, 11) is 0.00849. The summed E-state index contributed by atoms with van der Waals surface area (Å²) in [5.41, 5.74) is 4.47. The lowest BCUT2D eigenvalue weighted by molar-refractivity contribution is -0.115. The van der Waals surface area contributed by atoms with Gasteiger partial charge in [-0.25, -0.2) is 0 Å². The molecule has 0 aromatic heterocycles. The van der Waals surface area contributed by atoms with Crippen LogP contribution in [0.4, 0.5) is 0 Å². The van der Waals surface area contributed by atoms with Crippen LogP contribution in [0.2, 0.25) is 6.04 Å². The van der Waals surface area contributed by atoms with Crippen molar-refractivity contribution in [3.8, 4) is 0 Å². The van der Waals surface area contributed by atoms with E-state index in [1.807, 2.05) is 0 Å². The lowest BCUT2D eigenvalue weighted by Gasteiger charge is -2.07. The average molecular weight is 161 g/mol. The van der Waals surface area contributed by atoms with Crippen molar-refractivity contribution in [1.29, 1.82) is 0 Å². The molecule has 0 atom stereocenters. The van der Waals surface area contributed by atoms with Gasteiger partial charge in [0.25, 0.3) is 0 Å². The van der Waals surface area contributed by atoms with E-state index in [2.05, 4.69) is 5.73 Å². The highest BCUT2D eigenvalue weighted by molar-refractivity contribution is 6.27. The monoisotopic (exact) mass is 161 g/mol. The fourth-order valence-electron chi connectivity index (χ4n) is 0.687. The molecule has 0 aromatic rings. The number of hydrogen-bond donors (Lipinski definition) is 1. The fourth-order valence-corrected chi connectivity index (χ4v) is 1.86. The van der Waals surface area contributed by atoms with Gasteiger partial charge in [-0.1, -0.05) is 6.42 Å². The first-order valence-corrected chi connectivity index (χ1v) is 5.15. The van der Waals surface area contributed by atoms with E-state index in [1.54, 1.807) is 0 Å². The van der Waals surface area contributed by atoms with Crippen LogP contribution in [0.1, 0.15) is 19.8 Å². The van der Waals surface area contributed by atoms with Gasteiger partial charge < -0.3 is 10.2 Å². The first-order chi connectivity index (χ1) is 4.73. The Bertz CT molecular complexity index is 78.2. The Morgan fingerprint density at radius 2 is 2.20 bits per heavy atom. The zero-order valence-corrected chi connectivity index (χ0v) is 7.84. The van der Waals surface area contributed by atoms with Crippen molar-refractivity contribution in [2.75, 3.05) is 6.61 Å². The molecule has 0 radical (unpaired) electrons. The van der Waals surface area contributed by atoms with E-state index in [1.165, 1.54) is 25.8 Å². The Balaban J connectivity index is 0.000000180. The van der Waals surface area contributed by atoms with Gasteiger partial charge in [0.2, 0.25) is 5.91 Å². The zero-order valence-electron chi connectivity index (χ0n) is 6.43. The van der Waals surface area contributed by atoms with Crippen LogP contribution in [-0.4, -0.2) is 22.3 Å². The largest absolute Gasteiger partial charge is 0.424 e. The highest BCUT2D eigenvalue weighted by Gasteiger charge is 1.96. The molecule has 0 bridgehead atoms. The molecule has 1 aliphatic rings. The summed E-state index contributed by atoms with van der Waals surface area (Å²) >= 11 is 0. The van der Waals surface area contributed by atoms with Gasteiger partial charge in [-0.05, 0) is 12.5 Å². The quantitative estimate of drug-likeness (QED) is 0.500. The smallest absolute Gasteiger partial charge is 0.214 e. The minimum atomic E-state index is -0.333. The van der Waals surface area contributed by atoms with Gasteiger partial charge in [0, 0.05) is 13.5 Å². The van der Waals surface area contributed by atoms with Crippen molar-refractivity contribution in [2.45, 2.75) is 25.8 Å². The summed E-state index contributed by atoms with van der Waals surface area (Å²) in [6.07, 6.45) is 2.75. The summed E-state index contributed by atoms with van der Waals surface area (Å²) in [5.74, 6) is -0.333. The third-order valence-corrected chi connectivity index (χ3v) is 2.44. The second-order valence-corrected chi connectivity index (χ2v) is 3.81. The van der Waals surface area contributed by atoms with Crippen molar-refractivity contribution in [2.24, 2.45) is 5.73 Å². The van der Waals surface area contributed by atoms with Gasteiger partial charge >= 0.3 is 0 Å². The topological polar surface area (TPSA) is 52.3 Å². The lowest BCUT2D eigenvalue weighted by atomic mass is 10.4. The fraction of sp³-hybridized carbons (Fsp3) is 0.833. The normalized spacial score (nSPS) is 19.3. The molecular weight excluding hydrogens is 146 g/mol. The van der Waals surface area contributed by atoms with E-state index in [9.17, 15) is 4.79 Å². The molecule has 4 heteroatoms. The van der Waals surface area contributed by atoms with Crippen LogP contribution in [0, 0.1) is 0 Å². The van der Waals surface area contributed by atoms with Gasteiger partial charge in [-0.15, -0.1) is 0 Å². The van der Waals surface area contributed by atoms with Crippen molar-refractivity contribution < 1.29 is 9.22 Å². The average Bonchev–Trinajstić information content (AvgIpc) is 1.90. The summed E-state index contributed by atoms with van der Waals surface area (Å²) in [4.78, 5) is 9.22. The van der Waals surface area contributed by atoms with Crippen molar-refractivity contribution in [3.05, 3.63) is 0 Å². The first-order valence-electron chi connectivity index (χ1n) is 3.57. The molecule has 1 aliphatic heterocycles. The van der Waals surface area contributed by atoms with Crippen LogP contribution >= 0.6 is 0 Å². The van der Waals surface area contributed by atoms with E-state index in [0.29, 0.717) is 0 Å². The Morgan fingerprint density at radius 1 is 1.60 bits per heavy atom. The lowest BCUT2D eigenvalue weighted by Crippen LogP contribution is -2.06. The Morgan fingerprint density at radius 3 is 2.30 bits per heavy atom. The molecule has 0 unspecified atom stereocenters. The molecule has 0 saturated carbocycles. The van der Waals surface area contributed by atoms with E-state index >= 15 is 0 Å². The van der Waals surface area contributed by atoms with Gasteiger partial charge in [-0.3, -0.25) is 4.79 Å². The van der Waals surface area contributed by atoms with Crippen LogP contribution in [0.5, 0.6) is 0 Å². The maximum atomic E-state index is 9.22. The molecule has 0 aromatic carbocycles. The van der Waals surface area contributed by atoms with Crippen LogP contribution in [-0.2, 0) is 9.22 Å². The Hall–Kier alpha value is -0.353. The third kappa shape index (κ3) is 10.6. The molecule has 0 aliphatic carbocycles. The summed E-state index contributed by atoms with van der Waals surface area (Å²) in [5, 5.41) is 0. The SMILES string of the molecule is C1CC[SiH2]OC1.CC(N)=O. The van der Waals surface area contributed by atoms with Crippen LogP contribution in [0.25, 0.3) is 0 Å². The summed E-state index contributed by atoms with van der Waals surface area (Å²) in [6.45, 7) is 2.37. The van der Waals surface area contributed by atoms with Gasteiger partial charge in [0.05, 0.1) is 0 Å². The Labute approximate surface area is 63.9 Å². The van der Waals surface area contributed by atoms with Gasteiger partial charge in [0.1, 0.15) is 0 Å². The number of primary amides is 1. The second-order valence-electron chi connectivity index (χ2n) is 2.28. The number of nitrogens with two attached hydrogens (primary N) is 1. The molecule has 3 nitrogen and oxygen atoms in total. The summed E-state index contributed by atoms with van der Waals surface area (Å²) in [6, 6.07) is 1.42. The van der Waals surface area contributed by atoms with Crippen LogP contribution in [0.3, 0.4) is 0 Å². The minimum absolute atomic E-state index is 0.00849. The standard InChI is InChI=1S/C4H10OSi.C2H5NO/c1-2-4-6-5-3-1;1-2(3)4/h1-4,6H2;1H3,(H2,3,4). The zero-order chi connectivity index (χ0) is 7.82. The highest BCUT2D eigenvalue weighted by atomic mass is 28.2. The van der Waals surface area contributed by atoms with Gasteiger partial charge in [-0.2, -0.15) is 0 Å². The first kappa shape index (κ1) is 9.65. The second kappa shape index (κ2) is 6.76. The van der Waals surface area contributed by atoms with E-state index in [0.717, 1.165) is 6.61 Å². The highest BCUT2D eigenvalue weighted by Crippen LogP contribution is 2.01. The predicted octanol–water partition coefficient (Wildman–Crippen LogP) is -0.210. The minimum Gasteiger partial charge on any atom is -0.424 e. The predicted molar refractivity (Wildman–Crippen MR) is 43.4 cm³/mol. The molecule has 1 amide bonds. The molecule has 10 heavy (non-hydrogen) atoms. The van der Waals surface area contributed by atoms with Crippen LogP contribution in [0.15, 0.2) is 0 Å². The van der Waals surface area contributed by atoms with Crippen LogP contribution < -0.4 is 5.73 Å². The molecule has 1 rings (SSSR count). The Kier molecular flexibility index (Phi) is 6.52. The molecular formula is C6H15NO2Si. The van der Waals surface area contributed by atoms with E-state index in [-0.39, 0.29) is 15.7 Å². The molecule has 60 valence electrons.